The Hall–Kier alpha value is -0.800. The van der Waals surface area contributed by atoms with E-state index in [4.69, 9.17) is 4.42 Å². The van der Waals surface area contributed by atoms with Crippen LogP contribution in [0.15, 0.2) is 34.9 Å². The smallest absolute Gasteiger partial charge is 0.134 e. The van der Waals surface area contributed by atoms with Crippen molar-refractivity contribution in [3.8, 4) is 0 Å². The van der Waals surface area contributed by atoms with Crippen LogP contribution in [0.2, 0.25) is 0 Å². The van der Waals surface area contributed by atoms with E-state index < -0.39 is 0 Å². The molecule has 0 atom stereocenters. The van der Waals surface area contributed by atoms with Crippen molar-refractivity contribution >= 4 is 11.0 Å². The van der Waals surface area contributed by atoms with Crippen LogP contribution in [0.4, 0.5) is 0 Å². The normalized spacial score (nSPS) is 11.5. The first-order chi connectivity index (χ1) is 8.24. The molecule has 1 aromatic carbocycles. The maximum atomic E-state index is 5.62. The lowest BCUT2D eigenvalue weighted by molar-refractivity contribution is -0.936. The van der Waals surface area contributed by atoms with Gasteiger partial charge in [0, 0.05) is 5.39 Å². The van der Waals surface area contributed by atoms with E-state index in [9.17, 15) is 0 Å². The van der Waals surface area contributed by atoms with Crippen molar-refractivity contribution in [3.63, 3.8) is 0 Å². The van der Waals surface area contributed by atoms with Gasteiger partial charge >= 0.3 is 0 Å². The number of halogens is 1. The molecular formula is C15H22BrNO. The highest BCUT2D eigenvalue weighted by Crippen LogP contribution is 2.24. The molecular weight excluding hydrogens is 290 g/mol. The maximum Gasteiger partial charge on any atom is 0.134 e. The fourth-order valence-electron chi connectivity index (χ4n) is 2.52. The zero-order chi connectivity index (χ0) is 12.3. The highest BCUT2D eigenvalue weighted by Gasteiger charge is 2.23. The minimum absolute atomic E-state index is 0. The number of para-hydroxylation sites is 1. The topological polar surface area (TPSA) is 13.1 Å². The molecule has 0 spiro atoms. The Kier molecular flexibility index (Phi) is 5.42. The second-order valence-corrected chi connectivity index (χ2v) is 4.71. The van der Waals surface area contributed by atoms with Crippen molar-refractivity contribution in [1.82, 2.24) is 0 Å². The van der Waals surface area contributed by atoms with Crippen LogP contribution in [0.1, 0.15) is 26.3 Å². The Bertz CT molecular complexity index is 480. The molecule has 0 bridgehead atoms. The minimum Gasteiger partial charge on any atom is -1.00 e. The van der Waals surface area contributed by atoms with E-state index in [-0.39, 0.29) is 17.0 Å². The molecule has 3 heteroatoms. The molecule has 0 aliphatic rings. The summed E-state index contributed by atoms with van der Waals surface area (Å²) in [4.78, 5) is 0. The molecule has 1 heterocycles. The predicted octanol–water partition coefficient (Wildman–Crippen LogP) is 0.813. The summed E-state index contributed by atoms with van der Waals surface area (Å²) in [6.45, 7) is 11.4. The van der Waals surface area contributed by atoms with Gasteiger partial charge < -0.3 is 25.9 Å². The Morgan fingerprint density at radius 3 is 2.22 bits per heavy atom. The standard InChI is InChI=1S/C15H22NO.BrH/c1-4-16(5-2,6-3)11-13-12-17-15-10-8-7-9-14(13)15;/h7-10,12H,4-6,11H2,1-3H3;1H/q+1;/p-1. The molecule has 1 aromatic heterocycles. The van der Waals surface area contributed by atoms with Gasteiger partial charge in [-0.3, -0.25) is 0 Å². The number of rotatable bonds is 5. The van der Waals surface area contributed by atoms with Gasteiger partial charge in [-0.15, -0.1) is 0 Å². The molecule has 0 saturated carbocycles. The van der Waals surface area contributed by atoms with Crippen LogP contribution in [0.5, 0.6) is 0 Å². The van der Waals surface area contributed by atoms with E-state index in [1.807, 2.05) is 18.4 Å². The first-order valence-corrected chi connectivity index (χ1v) is 6.55. The quantitative estimate of drug-likeness (QED) is 0.745. The molecule has 100 valence electrons. The van der Waals surface area contributed by atoms with Gasteiger partial charge in [-0.2, -0.15) is 0 Å². The van der Waals surface area contributed by atoms with E-state index in [0.29, 0.717) is 0 Å². The lowest BCUT2D eigenvalue weighted by Gasteiger charge is -2.35. The maximum absolute atomic E-state index is 5.62. The highest BCUT2D eigenvalue weighted by atomic mass is 79.9. The van der Waals surface area contributed by atoms with E-state index in [0.717, 1.165) is 16.6 Å². The molecule has 0 N–H and O–H groups in total. The van der Waals surface area contributed by atoms with Crippen LogP contribution < -0.4 is 17.0 Å². The molecule has 0 amide bonds. The average molecular weight is 312 g/mol. The molecule has 18 heavy (non-hydrogen) atoms. The van der Waals surface area contributed by atoms with Crippen LogP contribution in [-0.4, -0.2) is 24.1 Å². The van der Waals surface area contributed by atoms with Crippen LogP contribution in [0, 0.1) is 0 Å². The summed E-state index contributed by atoms with van der Waals surface area (Å²) >= 11 is 0. The van der Waals surface area contributed by atoms with Crippen molar-refractivity contribution in [2.24, 2.45) is 0 Å². The summed E-state index contributed by atoms with van der Waals surface area (Å²) in [6.07, 6.45) is 1.93. The second-order valence-electron chi connectivity index (χ2n) is 4.71. The number of hydrogen-bond donors (Lipinski definition) is 0. The van der Waals surface area contributed by atoms with Gasteiger partial charge in [0.05, 0.1) is 25.2 Å². The number of benzene rings is 1. The Balaban J connectivity index is 0.00000162. The van der Waals surface area contributed by atoms with Gasteiger partial charge in [-0.05, 0) is 26.8 Å². The van der Waals surface area contributed by atoms with Gasteiger partial charge in [0.25, 0.3) is 0 Å². The Morgan fingerprint density at radius 1 is 1.00 bits per heavy atom. The fourth-order valence-corrected chi connectivity index (χ4v) is 2.52. The third kappa shape index (κ3) is 2.78. The number of hydrogen-bond acceptors (Lipinski definition) is 1. The molecule has 0 fully saturated rings. The van der Waals surface area contributed by atoms with E-state index in [2.05, 4.69) is 32.9 Å². The Morgan fingerprint density at radius 2 is 1.61 bits per heavy atom. The highest BCUT2D eigenvalue weighted by molar-refractivity contribution is 5.80. The molecule has 2 nitrogen and oxygen atoms in total. The summed E-state index contributed by atoms with van der Waals surface area (Å²) in [5.74, 6) is 0. The van der Waals surface area contributed by atoms with Gasteiger partial charge in [0.2, 0.25) is 0 Å². The summed E-state index contributed by atoms with van der Waals surface area (Å²) < 4.78 is 6.75. The monoisotopic (exact) mass is 311 g/mol. The first kappa shape index (κ1) is 15.3. The molecule has 0 aliphatic carbocycles. The SMILES string of the molecule is CC[N+](CC)(CC)Cc1coc2ccccc12.[Br-]. The molecule has 2 rings (SSSR count). The average Bonchev–Trinajstić information content (AvgIpc) is 2.79. The molecule has 0 saturated heterocycles. The van der Waals surface area contributed by atoms with Crippen molar-refractivity contribution in [1.29, 1.82) is 0 Å². The molecule has 2 aromatic rings. The van der Waals surface area contributed by atoms with Gasteiger partial charge in [-0.25, -0.2) is 0 Å². The second kappa shape index (κ2) is 6.39. The fraction of sp³-hybridized carbons (Fsp3) is 0.467. The van der Waals surface area contributed by atoms with Crippen LogP contribution in [-0.2, 0) is 6.54 Å². The van der Waals surface area contributed by atoms with Crippen molar-refractivity contribution in [3.05, 3.63) is 36.1 Å². The van der Waals surface area contributed by atoms with Gasteiger partial charge in [0.1, 0.15) is 18.4 Å². The summed E-state index contributed by atoms with van der Waals surface area (Å²) in [5, 5.41) is 1.27. The summed E-state index contributed by atoms with van der Waals surface area (Å²) in [5.41, 5.74) is 2.34. The zero-order valence-corrected chi connectivity index (χ0v) is 13.0. The van der Waals surface area contributed by atoms with E-state index in [1.54, 1.807) is 0 Å². The minimum atomic E-state index is 0. The van der Waals surface area contributed by atoms with Crippen LogP contribution in [0.3, 0.4) is 0 Å². The Labute approximate surface area is 120 Å². The largest absolute Gasteiger partial charge is 1.00 e. The van der Waals surface area contributed by atoms with Crippen molar-refractivity contribution in [2.45, 2.75) is 27.3 Å². The van der Waals surface area contributed by atoms with Crippen molar-refractivity contribution in [2.75, 3.05) is 19.6 Å². The first-order valence-electron chi connectivity index (χ1n) is 6.55. The predicted molar refractivity (Wildman–Crippen MR) is 71.8 cm³/mol. The summed E-state index contributed by atoms with van der Waals surface area (Å²) in [6, 6.07) is 8.30. The van der Waals surface area contributed by atoms with Gasteiger partial charge in [0.15, 0.2) is 0 Å². The number of quaternary nitrogens is 1. The molecule has 0 aliphatic heterocycles. The van der Waals surface area contributed by atoms with Crippen LogP contribution in [0.25, 0.3) is 11.0 Å². The lowest BCUT2D eigenvalue weighted by Crippen LogP contribution is -3.00. The van der Waals surface area contributed by atoms with Gasteiger partial charge in [-0.1, -0.05) is 18.2 Å². The van der Waals surface area contributed by atoms with E-state index >= 15 is 0 Å². The zero-order valence-electron chi connectivity index (χ0n) is 11.4. The number of fused-ring (bicyclic) bond motifs is 1. The van der Waals surface area contributed by atoms with E-state index in [1.165, 1.54) is 30.6 Å². The molecule has 0 unspecified atom stereocenters. The third-order valence-electron chi connectivity index (χ3n) is 4.08. The third-order valence-corrected chi connectivity index (χ3v) is 4.08. The number of furan rings is 1. The summed E-state index contributed by atoms with van der Waals surface area (Å²) in [7, 11) is 0. The lowest BCUT2D eigenvalue weighted by atomic mass is 10.1. The number of nitrogens with zero attached hydrogens (tertiary/aromatic N) is 1. The van der Waals surface area contributed by atoms with Crippen molar-refractivity contribution < 1.29 is 25.9 Å². The molecule has 0 radical (unpaired) electrons. The van der Waals surface area contributed by atoms with Crippen LogP contribution >= 0.6 is 0 Å².